The predicted molar refractivity (Wildman–Crippen MR) is 44.4 cm³/mol. The third-order valence-electron chi connectivity index (χ3n) is 1.61. The van der Waals surface area contributed by atoms with Gasteiger partial charge >= 0.3 is 0 Å². The molecule has 0 aromatic carbocycles. The summed E-state index contributed by atoms with van der Waals surface area (Å²) in [6.45, 7) is 3.03. The summed E-state index contributed by atoms with van der Waals surface area (Å²) >= 11 is 0. The second-order valence-electron chi connectivity index (χ2n) is 3.21. The van der Waals surface area contributed by atoms with Crippen LogP contribution in [0.15, 0.2) is 0 Å². The van der Waals surface area contributed by atoms with Gasteiger partial charge in [-0.1, -0.05) is 0 Å². The Morgan fingerprint density at radius 2 is 2.17 bits per heavy atom. The van der Waals surface area contributed by atoms with Crippen molar-refractivity contribution in [2.45, 2.75) is 25.5 Å². The number of hydrogen-bond donors (Lipinski definition) is 4. The van der Waals surface area contributed by atoms with Gasteiger partial charge in [0.05, 0.1) is 18.2 Å². The van der Waals surface area contributed by atoms with E-state index < -0.39 is 17.6 Å². The largest absolute Gasteiger partial charge is 0.394 e. The van der Waals surface area contributed by atoms with Crippen molar-refractivity contribution in [2.24, 2.45) is 5.73 Å². The van der Waals surface area contributed by atoms with Crippen molar-refractivity contribution in [3.63, 3.8) is 0 Å². The van der Waals surface area contributed by atoms with Gasteiger partial charge in [0, 0.05) is 6.54 Å². The lowest BCUT2D eigenvalue weighted by Crippen LogP contribution is -2.53. The number of carbonyl (C=O) groups excluding carboxylic acids is 1. The van der Waals surface area contributed by atoms with Crippen LogP contribution in [-0.4, -0.2) is 40.9 Å². The highest BCUT2D eigenvalue weighted by Crippen LogP contribution is 1.99. The second-order valence-corrected chi connectivity index (χ2v) is 3.21. The summed E-state index contributed by atoms with van der Waals surface area (Å²) < 4.78 is 0. The van der Waals surface area contributed by atoms with Gasteiger partial charge < -0.3 is 21.3 Å². The van der Waals surface area contributed by atoms with Crippen molar-refractivity contribution >= 4 is 5.91 Å². The lowest BCUT2D eigenvalue weighted by atomic mass is 10.1. The van der Waals surface area contributed by atoms with E-state index >= 15 is 0 Å². The van der Waals surface area contributed by atoms with Crippen LogP contribution in [0.5, 0.6) is 0 Å². The number of nitrogens with one attached hydrogen (secondary N) is 1. The van der Waals surface area contributed by atoms with E-state index in [1.165, 1.54) is 0 Å². The van der Waals surface area contributed by atoms with Crippen LogP contribution >= 0.6 is 0 Å². The van der Waals surface area contributed by atoms with Crippen LogP contribution in [0.3, 0.4) is 0 Å². The number of hydrogen-bond acceptors (Lipinski definition) is 4. The lowest BCUT2D eigenvalue weighted by molar-refractivity contribution is -0.123. The summed E-state index contributed by atoms with van der Waals surface area (Å²) in [6, 6.07) is 0. The molecule has 0 aromatic rings. The van der Waals surface area contributed by atoms with E-state index in [-0.39, 0.29) is 13.2 Å². The molecule has 1 atom stereocenters. The minimum atomic E-state index is -0.858. The van der Waals surface area contributed by atoms with Crippen LogP contribution < -0.4 is 11.1 Å². The molecular weight excluding hydrogens is 160 g/mol. The van der Waals surface area contributed by atoms with Crippen molar-refractivity contribution in [3.8, 4) is 0 Å². The summed E-state index contributed by atoms with van der Waals surface area (Å²) in [4.78, 5) is 10.7. The zero-order chi connectivity index (χ0) is 9.78. The Morgan fingerprint density at radius 3 is 2.50 bits per heavy atom. The van der Waals surface area contributed by atoms with Gasteiger partial charge in [-0.2, -0.15) is 0 Å². The van der Waals surface area contributed by atoms with Gasteiger partial charge in [0.15, 0.2) is 0 Å². The SMILES string of the molecule is CC(C)(NCC(O)CO)C(N)=O. The smallest absolute Gasteiger partial charge is 0.237 e. The summed E-state index contributed by atoms with van der Waals surface area (Å²) in [6.07, 6.45) is -0.858. The monoisotopic (exact) mass is 176 g/mol. The van der Waals surface area contributed by atoms with Gasteiger partial charge in [-0.25, -0.2) is 0 Å². The number of aliphatic hydroxyl groups is 2. The molecule has 0 saturated carbocycles. The molecule has 0 aromatic heterocycles. The first-order chi connectivity index (χ1) is 5.40. The molecule has 72 valence electrons. The molecule has 0 aliphatic heterocycles. The Labute approximate surface area is 71.6 Å². The van der Waals surface area contributed by atoms with E-state index in [2.05, 4.69) is 5.32 Å². The number of amides is 1. The molecule has 0 spiro atoms. The highest BCUT2D eigenvalue weighted by molar-refractivity contribution is 5.83. The standard InChI is InChI=1S/C7H16N2O3/c1-7(2,6(8)12)9-3-5(11)4-10/h5,9-11H,3-4H2,1-2H3,(H2,8,12). The van der Waals surface area contributed by atoms with Crippen LogP contribution in [-0.2, 0) is 4.79 Å². The summed E-state index contributed by atoms with van der Waals surface area (Å²) in [5.74, 6) is -0.493. The van der Waals surface area contributed by atoms with Crippen molar-refractivity contribution in [3.05, 3.63) is 0 Å². The molecule has 0 fully saturated rings. The Morgan fingerprint density at radius 1 is 1.67 bits per heavy atom. The Balaban J connectivity index is 3.83. The maximum Gasteiger partial charge on any atom is 0.237 e. The minimum absolute atomic E-state index is 0.145. The molecule has 5 nitrogen and oxygen atoms in total. The molecule has 12 heavy (non-hydrogen) atoms. The number of β-amino-alcohol motifs (C(OH)–C–C–N with tert-alkyl or cyclic N) is 1. The molecular formula is C7H16N2O3. The predicted octanol–water partition coefficient (Wildman–Crippen LogP) is -1.81. The van der Waals surface area contributed by atoms with Crippen LogP contribution in [0.4, 0.5) is 0 Å². The summed E-state index contributed by atoms with van der Waals surface area (Å²) in [7, 11) is 0. The average molecular weight is 176 g/mol. The maximum absolute atomic E-state index is 10.7. The first-order valence-electron chi connectivity index (χ1n) is 3.74. The number of nitrogens with two attached hydrogens (primary N) is 1. The first kappa shape index (κ1) is 11.4. The molecule has 0 rings (SSSR count). The molecule has 0 bridgehead atoms. The lowest BCUT2D eigenvalue weighted by Gasteiger charge is -2.23. The van der Waals surface area contributed by atoms with Crippen molar-refractivity contribution in [1.29, 1.82) is 0 Å². The van der Waals surface area contributed by atoms with Crippen molar-refractivity contribution < 1.29 is 15.0 Å². The van der Waals surface area contributed by atoms with Crippen molar-refractivity contribution in [2.75, 3.05) is 13.2 Å². The molecule has 5 N–H and O–H groups in total. The molecule has 1 amide bonds. The average Bonchev–Trinajstić information content (AvgIpc) is 2.00. The molecule has 0 heterocycles. The van der Waals surface area contributed by atoms with E-state index in [1.807, 2.05) is 0 Å². The van der Waals surface area contributed by atoms with Crippen LogP contribution in [0.2, 0.25) is 0 Å². The van der Waals surface area contributed by atoms with Gasteiger partial charge in [-0.3, -0.25) is 4.79 Å². The van der Waals surface area contributed by atoms with Gasteiger partial charge in [-0.05, 0) is 13.8 Å². The Bertz CT molecular complexity index is 159. The van der Waals surface area contributed by atoms with Crippen LogP contribution in [0.1, 0.15) is 13.8 Å². The molecule has 0 radical (unpaired) electrons. The van der Waals surface area contributed by atoms with Gasteiger partial charge in [0.1, 0.15) is 0 Å². The molecule has 0 saturated heterocycles. The minimum Gasteiger partial charge on any atom is -0.394 e. The van der Waals surface area contributed by atoms with E-state index in [1.54, 1.807) is 13.8 Å². The van der Waals surface area contributed by atoms with Crippen molar-refractivity contribution in [1.82, 2.24) is 5.32 Å². The number of rotatable bonds is 5. The Hall–Kier alpha value is -0.650. The molecule has 0 aliphatic carbocycles. The fourth-order valence-corrected chi connectivity index (χ4v) is 0.525. The normalized spacial score (nSPS) is 14.3. The van der Waals surface area contributed by atoms with Gasteiger partial charge in [-0.15, -0.1) is 0 Å². The van der Waals surface area contributed by atoms with E-state index in [0.29, 0.717) is 0 Å². The Kier molecular flexibility index (Phi) is 4.16. The maximum atomic E-state index is 10.7. The van der Waals surface area contributed by atoms with E-state index in [4.69, 9.17) is 15.9 Å². The fraction of sp³-hybridized carbons (Fsp3) is 0.857. The van der Waals surface area contributed by atoms with E-state index in [0.717, 1.165) is 0 Å². The molecule has 0 aliphatic rings. The van der Waals surface area contributed by atoms with Crippen LogP contribution in [0.25, 0.3) is 0 Å². The zero-order valence-electron chi connectivity index (χ0n) is 7.37. The third kappa shape index (κ3) is 3.66. The number of primary amides is 1. The number of aliphatic hydroxyl groups excluding tert-OH is 2. The van der Waals surface area contributed by atoms with Crippen LogP contribution in [0, 0.1) is 0 Å². The summed E-state index contributed by atoms with van der Waals surface area (Å²) in [5, 5.41) is 20.1. The quantitative estimate of drug-likeness (QED) is 0.397. The molecule has 1 unspecified atom stereocenters. The third-order valence-corrected chi connectivity index (χ3v) is 1.61. The van der Waals surface area contributed by atoms with Gasteiger partial charge in [0.2, 0.25) is 5.91 Å². The highest BCUT2D eigenvalue weighted by atomic mass is 16.3. The second kappa shape index (κ2) is 4.39. The summed E-state index contributed by atoms with van der Waals surface area (Å²) in [5.41, 5.74) is 4.20. The first-order valence-corrected chi connectivity index (χ1v) is 3.74. The fourth-order valence-electron chi connectivity index (χ4n) is 0.525. The number of carbonyl (C=O) groups is 1. The highest BCUT2D eigenvalue weighted by Gasteiger charge is 2.24. The molecule has 5 heteroatoms. The zero-order valence-corrected chi connectivity index (χ0v) is 7.37. The van der Waals surface area contributed by atoms with Gasteiger partial charge in [0.25, 0.3) is 0 Å². The topological polar surface area (TPSA) is 95.6 Å². The van der Waals surface area contributed by atoms with E-state index in [9.17, 15) is 4.79 Å².